The van der Waals surface area contributed by atoms with E-state index in [9.17, 15) is 14.4 Å². The first-order chi connectivity index (χ1) is 7.34. The number of ketones is 1. The molecular formula is C11H19NO4. The Morgan fingerprint density at radius 2 is 1.75 bits per heavy atom. The van der Waals surface area contributed by atoms with Crippen molar-refractivity contribution in [2.24, 2.45) is 11.8 Å². The molecule has 0 saturated heterocycles. The van der Waals surface area contributed by atoms with Crippen LogP contribution in [0.1, 0.15) is 33.6 Å². The van der Waals surface area contributed by atoms with Crippen molar-refractivity contribution < 1.29 is 19.5 Å². The summed E-state index contributed by atoms with van der Waals surface area (Å²) in [6, 6.07) is 0. The Morgan fingerprint density at radius 1 is 1.19 bits per heavy atom. The van der Waals surface area contributed by atoms with Crippen LogP contribution < -0.4 is 5.32 Å². The zero-order valence-electron chi connectivity index (χ0n) is 9.95. The van der Waals surface area contributed by atoms with E-state index in [0.29, 0.717) is 18.3 Å². The summed E-state index contributed by atoms with van der Waals surface area (Å²) in [6.07, 6.45) is 1.07. The Kier molecular flexibility index (Phi) is 6.37. The zero-order valence-corrected chi connectivity index (χ0v) is 9.95. The number of nitrogens with one attached hydrogen (secondary N) is 1. The van der Waals surface area contributed by atoms with Gasteiger partial charge in [0.15, 0.2) is 0 Å². The summed E-state index contributed by atoms with van der Waals surface area (Å²) in [5, 5.41) is 10.6. The molecule has 0 aromatic carbocycles. The average Bonchev–Trinajstić information content (AvgIpc) is 2.21. The number of carbonyl (C=O) groups excluding carboxylic acids is 2. The lowest BCUT2D eigenvalue weighted by molar-refractivity contribution is -0.148. The smallest absolute Gasteiger partial charge is 0.374 e. The van der Waals surface area contributed by atoms with Gasteiger partial charge in [-0.15, -0.1) is 0 Å². The summed E-state index contributed by atoms with van der Waals surface area (Å²) in [6.45, 7) is 5.79. The second-order valence-electron chi connectivity index (χ2n) is 4.27. The van der Waals surface area contributed by atoms with Crippen molar-refractivity contribution in [3.8, 4) is 0 Å². The molecule has 0 unspecified atom stereocenters. The maximum Gasteiger partial charge on any atom is 0.374 e. The van der Waals surface area contributed by atoms with E-state index in [2.05, 4.69) is 26.1 Å². The predicted molar refractivity (Wildman–Crippen MR) is 58.9 cm³/mol. The van der Waals surface area contributed by atoms with E-state index in [0.717, 1.165) is 6.42 Å². The molecule has 0 rings (SSSR count). The molecular weight excluding hydrogens is 210 g/mol. The molecule has 0 aliphatic heterocycles. The van der Waals surface area contributed by atoms with E-state index in [1.165, 1.54) is 0 Å². The third kappa shape index (κ3) is 6.16. The van der Waals surface area contributed by atoms with Gasteiger partial charge in [-0.05, 0) is 18.3 Å². The van der Waals surface area contributed by atoms with Crippen molar-refractivity contribution >= 4 is 17.7 Å². The van der Waals surface area contributed by atoms with Gasteiger partial charge in [0.25, 0.3) is 5.78 Å². The first-order valence-electron chi connectivity index (χ1n) is 5.37. The topological polar surface area (TPSA) is 83.5 Å². The minimum atomic E-state index is -1.52. The third-order valence-electron chi connectivity index (χ3n) is 2.65. The van der Waals surface area contributed by atoms with E-state index < -0.39 is 18.3 Å². The van der Waals surface area contributed by atoms with Gasteiger partial charge in [-0.25, -0.2) is 4.79 Å². The van der Waals surface area contributed by atoms with Gasteiger partial charge in [0.05, 0.1) is 6.54 Å². The Balaban J connectivity index is 3.76. The van der Waals surface area contributed by atoms with Crippen LogP contribution in [0.25, 0.3) is 0 Å². The fourth-order valence-corrected chi connectivity index (χ4v) is 1.03. The van der Waals surface area contributed by atoms with Gasteiger partial charge in [0, 0.05) is 6.42 Å². The minimum Gasteiger partial charge on any atom is -0.475 e. The monoisotopic (exact) mass is 229 g/mol. The Labute approximate surface area is 95.2 Å². The molecule has 0 aromatic rings. The number of aliphatic carboxylic acids is 1. The number of carbonyl (C=O) groups is 3. The van der Waals surface area contributed by atoms with Gasteiger partial charge in [0.2, 0.25) is 5.91 Å². The molecule has 0 aliphatic rings. The van der Waals surface area contributed by atoms with Crippen molar-refractivity contribution in [3.63, 3.8) is 0 Å². The quantitative estimate of drug-likeness (QED) is 0.633. The van der Waals surface area contributed by atoms with Gasteiger partial charge in [-0.1, -0.05) is 20.8 Å². The molecule has 0 bridgehead atoms. The SMILES string of the molecule is CC(C)[C@H](C)CCC(=O)NCC(=O)C(=O)O. The lowest BCUT2D eigenvalue weighted by Gasteiger charge is -2.14. The number of rotatable bonds is 7. The molecule has 1 amide bonds. The van der Waals surface area contributed by atoms with Crippen molar-refractivity contribution in [1.82, 2.24) is 5.32 Å². The molecule has 92 valence electrons. The summed E-state index contributed by atoms with van der Waals surface area (Å²) in [7, 11) is 0. The first-order valence-corrected chi connectivity index (χ1v) is 5.37. The summed E-state index contributed by atoms with van der Waals surface area (Å²) in [4.78, 5) is 32.1. The Morgan fingerprint density at radius 3 is 2.19 bits per heavy atom. The lowest BCUT2D eigenvalue weighted by atomic mass is 9.93. The number of hydrogen-bond acceptors (Lipinski definition) is 3. The van der Waals surface area contributed by atoms with E-state index in [1.54, 1.807) is 0 Å². The molecule has 0 spiro atoms. The maximum atomic E-state index is 11.2. The first kappa shape index (κ1) is 14.6. The standard InChI is InChI=1S/C11H19NO4/c1-7(2)8(3)4-5-10(14)12-6-9(13)11(15)16/h7-8H,4-6H2,1-3H3,(H,12,14)(H,15,16)/t8-/m1/s1. The number of hydrogen-bond donors (Lipinski definition) is 2. The van der Waals surface area contributed by atoms with Crippen LogP contribution in [-0.4, -0.2) is 29.3 Å². The Hall–Kier alpha value is -1.39. The Bertz CT molecular complexity index is 273. The molecule has 16 heavy (non-hydrogen) atoms. The van der Waals surface area contributed by atoms with Crippen molar-refractivity contribution in [1.29, 1.82) is 0 Å². The summed E-state index contributed by atoms with van der Waals surface area (Å²) in [5.41, 5.74) is 0. The number of amides is 1. The van der Waals surface area contributed by atoms with Crippen molar-refractivity contribution in [2.75, 3.05) is 6.54 Å². The highest BCUT2D eigenvalue weighted by atomic mass is 16.4. The van der Waals surface area contributed by atoms with E-state index in [1.807, 2.05) is 0 Å². The molecule has 0 fully saturated rings. The summed E-state index contributed by atoms with van der Waals surface area (Å²) in [5.74, 6) is -1.85. The van der Waals surface area contributed by atoms with Crippen LogP contribution in [-0.2, 0) is 14.4 Å². The van der Waals surface area contributed by atoms with Crippen LogP contribution in [0.4, 0.5) is 0 Å². The molecule has 2 N–H and O–H groups in total. The summed E-state index contributed by atoms with van der Waals surface area (Å²) >= 11 is 0. The third-order valence-corrected chi connectivity index (χ3v) is 2.65. The predicted octanol–water partition coefficient (Wildman–Crippen LogP) is 0.829. The van der Waals surface area contributed by atoms with Crippen LogP contribution in [0.5, 0.6) is 0 Å². The highest BCUT2D eigenvalue weighted by Gasteiger charge is 2.14. The largest absolute Gasteiger partial charge is 0.475 e. The molecule has 0 radical (unpaired) electrons. The maximum absolute atomic E-state index is 11.2. The number of carboxylic acid groups (broad SMARTS) is 1. The average molecular weight is 229 g/mol. The lowest BCUT2D eigenvalue weighted by Crippen LogP contribution is -2.33. The zero-order chi connectivity index (χ0) is 12.7. The van der Waals surface area contributed by atoms with Crippen LogP contribution in [0.2, 0.25) is 0 Å². The van der Waals surface area contributed by atoms with Gasteiger partial charge in [-0.3, -0.25) is 9.59 Å². The van der Waals surface area contributed by atoms with Crippen molar-refractivity contribution in [2.45, 2.75) is 33.6 Å². The normalized spacial score (nSPS) is 12.2. The van der Waals surface area contributed by atoms with E-state index in [4.69, 9.17) is 5.11 Å². The minimum absolute atomic E-state index is 0.276. The second-order valence-corrected chi connectivity index (χ2v) is 4.27. The molecule has 0 saturated carbocycles. The molecule has 0 heterocycles. The van der Waals surface area contributed by atoms with Gasteiger partial charge in [-0.2, -0.15) is 0 Å². The summed E-state index contributed by atoms with van der Waals surface area (Å²) < 4.78 is 0. The van der Waals surface area contributed by atoms with Crippen LogP contribution >= 0.6 is 0 Å². The molecule has 0 aliphatic carbocycles. The number of carboxylic acids is 1. The van der Waals surface area contributed by atoms with E-state index >= 15 is 0 Å². The number of Topliss-reactive ketones (excluding diaryl/α,β-unsaturated/α-hetero) is 1. The van der Waals surface area contributed by atoms with Crippen LogP contribution in [0, 0.1) is 11.8 Å². The van der Waals surface area contributed by atoms with Gasteiger partial charge in [0.1, 0.15) is 0 Å². The van der Waals surface area contributed by atoms with E-state index in [-0.39, 0.29) is 5.91 Å². The molecule has 5 heteroatoms. The van der Waals surface area contributed by atoms with Gasteiger partial charge >= 0.3 is 5.97 Å². The second kappa shape index (κ2) is 6.98. The van der Waals surface area contributed by atoms with Crippen LogP contribution in [0.15, 0.2) is 0 Å². The molecule has 1 atom stereocenters. The fraction of sp³-hybridized carbons (Fsp3) is 0.727. The fourth-order valence-electron chi connectivity index (χ4n) is 1.03. The van der Waals surface area contributed by atoms with Crippen molar-refractivity contribution in [3.05, 3.63) is 0 Å². The van der Waals surface area contributed by atoms with Gasteiger partial charge < -0.3 is 10.4 Å². The van der Waals surface area contributed by atoms with Crippen LogP contribution in [0.3, 0.4) is 0 Å². The molecule has 0 aromatic heterocycles. The molecule has 5 nitrogen and oxygen atoms in total. The highest BCUT2D eigenvalue weighted by Crippen LogP contribution is 2.15. The highest BCUT2D eigenvalue weighted by molar-refractivity contribution is 6.33.